The van der Waals surface area contributed by atoms with Crippen LogP contribution in [-0.4, -0.2) is 0 Å². The Labute approximate surface area is 137 Å². The first-order chi connectivity index (χ1) is 8.50. The maximum Gasteiger partial charge on any atom is 0.0674 e. The van der Waals surface area contributed by atoms with Crippen molar-refractivity contribution < 1.29 is 0 Å². The summed E-state index contributed by atoms with van der Waals surface area (Å²) < 4.78 is 0.851. The van der Waals surface area contributed by atoms with Gasteiger partial charge >= 0.3 is 0 Å². The van der Waals surface area contributed by atoms with Crippen molar-refractivity contribution in [3.63, 3.8) is 0 Å². The first kappa shape index (κ1) is 14.7. The average Bonchev–Trinajstić information content (AvgIpc) is 2.35. The first-order valence-electron chi connectivity index (χ1n) is 5.03. The quantitative estimate of drug-likeness (QED) is 0.456. The van der Waals surface area contributed by atoms with Gasteiger partial charge in [-0.15, -0.1) is 0 Å². The lowest BCUT2D eigenvalue weighted by Crippen LogP contribution is -1.95. The SMILES string of the molecule is Clc1ccc(Cl)c(C(Br)c2cccc(Br)c2Cl)c1. The number of rotatable bonds is 2. The van der Waals surface area contributed by atoms with Gasteiger partial charge in [-0.3, -0.25) is 0 Å². The molecule has 0 amide bonds. The number of halogens is 5. The molecule has 0 saturated carbocycles. The summed E-state index contributed by atoms with van der Waals surface area (Å²) in [7, 11) is 0. The zero-order valence-electron chi connectivity index (χ0n) is 8.93. The number of hydrogen-bond donors (Lipinski definition) is 0. The summed E-state index contributed by atoms with van der Waals surface area (Å²) in [4.78, 5) is -0.103. The van der Waals surface area contributed by atoms with Crippen LogP contribution in [0.2, 0.25) is 15.1 Å². The third kappa shape index (κ3) is 3.05. The molecule has 0 aliphatic carbocycles. The van der Waals surface area contributed by atoms with Crippen LogP contribution in [0.1, 0.15) is 16.0 Å². The normalized spacial score (nSPS) is 12.5. The van der Waals surface area contributed by atoms with Crippen LogP contribution in [-0.2, 0) is 0 Å². The van der Waals surface area contributed by atoms with Crippen molar-refractivity contribution in [2.24, 2.45) is 0 Å². The van der Waals surface area contributed by atoms with Crippen molar-refractivity contribution in [1.29, 1.82) is 0 Å². The zero-order chi connectivity index (χ0) is 13.3. The number of alkyl halides is 1. The molecule has 0 aliphatic rings. The maximum absolute atomic E-state index is 6.28. The predicted octanol–water partition coefficient (Wildman–Crippen LogP) is 6.89. The Morgan fingerprint density at radius 3 is 2.39 bits per heavy atom. The third-order valence-corrected chi connectivity index (χ3v) is 5.36. The molecular weight excluding hydrogens is 422 g/mol. The van der Waals surface area contributed by atoms with E-state index >= 15 is 0 Å². The van der Waals surface area contributed by atoms with E-state index in [1.54, 1.807) is 12.1 Å². The van der Waals surface area contributed by atoms with E-state index in [0.717, 1.165) is 15.6 Å². The van der Waals surface area contributed by atoms with Gasteiger partial charge in [-0.05, 0) is 51.3 Å². The molecule has 0 heterocycles. The molecule has 2 aromatic carbocycles. The van der Waals surface area contributed by atoms with Gasteiger partial charge in [0.1, 0.15) is 0 Å². The van der Waals surface area contributed by atoms with E-state index in [1.807, 2.05) is 24.3 Å². The lowest BCUT2D eigenvalue weighted by atomic mass is 10.0. The maximum atomic E-state index is 6.28. The molecule has 0 nitrogen and oxygen atoms in total. The van der Waals surface area contributed by atoms with Crippen molar-refractivity contribution >= 4 is 66.7 Å². The fourth-order valence-electron chi connectivity index (χ4n) is 1.59. The molecule has 0 N–H and O–H groups in total. The molecule has 0 radical (unpaired) electrons. The van der Waals surface area contributed by atoms with E-state index in [-0.39, 0.29) is 4.83 Å². The molecule has 0 aliphatic heterocycles. The van der Waals surface area contributed by atoms with E-state index in [0.29, 0.717) is 15.1 Å². The van der Waals surface area contributed by atoms with Gasteiger partial charge in [0.05, 0.1) is 9.85 Å². The summed E-state index contributed by atoms with van der Waals surface area (Å²) in [6.45, 7) is 0. The minimum Gasteiger partial charge on any atom is -0.0843 e. The summed E-state index contributed by atoms with van der Waals surface area (Å²) in [5, 5.41) is 1.96. The summed E-state index contributed by atoms with van der Waals surface area (Å²) in [6, 6.07) is 11.1. The van der Waals surface area contributed by atoms with E-state index < -0.39 is 0 Å². The standard InChI is InChI=1S/C13H7Br2Cl3/c14-10-3-1-2-8(13(10)18)12(15)9-6-7(16)4-5-11(9)17/h1-6,12H. The molecule has 0 saturated heterocycles. The van der Waals surface area contributed by atoms with Crippen LogP contribution < -0.4 is 0 Å². The molecule has 2 rings (SSSR count). The van der Waals surface area contributed by atoms with Crippen LogP contribution in [0.25, 0.3) is 0 Å². The second kappa shape index (κ2) is 6.15. The summed E-state index contributed by atoms with van der Waals surface area (Å²) in [5.74, 6) is 0. The van der Waals surface area contributed by atoms with Crippen LogP contribution in [0, 0.1) is 0 Å². The molecule has 0 fully saturated rings. The van der Waals surface area contributed by atoms with Gasteiger partial charge in [-0.2, -0.15) is 0 Å². The van der Waals surface area contributed by atoms with Gasteiger partial charge < -0.3 is 0 Å². The number of benzene rings is 2. The van der Waals surface area contributed by atoms with Crippen molar-refractivity contribution in [3.8, 4) is 0 Å². The highest BCUT2D eigenvalue weighted by Gasteiger charge is 2.18. The highest BCUT2D eigenvalue weighted by atomic mass is 79.9. The zero-order valence-corrected chi connectivity index (χ0v) is 14.4. The van der Waals surface area contributed by atoms with E-state index in [2.05, 4.69) is 31.9 Å². The van der Waals surface area contributed by atoms with E-state index in [9.17, 15) is 0 Å². The predicted molar refractivity (Wildman–Crippen MR) is 86.4 cm³/mol. The Balaban J connectivity index is 2.51. The molecule has 1 unspecified atom stereocenters. The lowest BCUT2D eigenvalue weighted by molar-refractivity contribution is 1.17. The molecule has 1 atom stereocenters. The second-order valence-corrected chi connectivity index (χ2v) is 6.66. The van der Waals surface area contributed by atoms with Crippen LogP contribution >= 0.6 is 66.7 Å². The van der Waals surface area contributed by atoms with Gasteiger partial charge in [-0.1, -0.05) is 62.9 Å². The smallest absolute Gasteiger partial charge is 0.0674 e. The molecular formula is C13H7Br2Cl3. The van der Waals surface area contributed by atoms with Crippen molar-refractivity contribution in [2.75, 3.05) is 0 Å². The van der Waals surface area contributed by atoms with Gasteiger partial charge in [0, 0.05) is 14.5 Å². The Kier molecular flexibility index (Phi) is 5.01. The van der Waals surface area contributed by atoms with Crippen LogP contribution in [0.4, 0.5) is 0 Å². The second-order valence-electron chi connectivity index (χ2n) is 3.67. The first-order valence-corrected chi connectivity index (χ1v) is 7.88. The Morgan fingerprint density at radius 1 is 0.944 bits per heavy atom. The fourth-order valence-corrected chi connectivity index (χ4v) is 3.64. The van der Waals surface area contributed by atoms with Crippen molar-refractivity contribution in [2.45, 2.75) is 4.83 Å². The minimum atomic E-state index is -0.103. The summed E-state index contributed by atoms with van der Waals surface area (Å²) in [6.07, 6.45) is 0. The fraction of sp³-hybridized carbons (Fsp3) is 0.0769. The van der Waals surface area contributed by atoms with Crippen LogP contribution in [0.15, 0.2) is 40.9 Å². The molecule has 18 heavy (non-hydrogen) atoms. The Bertz CT molecular complexity index is 582. The summed E-state index contributed by atoms with van der Waals surface area (Å²) >= 11 is 25.5. The Hall–Kier alpha value is 0.270. The molecule has 0 bridgehead atoms. The average molecular weight is 429 g/mol. The van der Waals surface area contributed by atoms with Crippen molar-refractivity contribution in [1.82, 2.24) is 0 Å². The van der Waals surface area contributed by atoms with E-state index in [4.69, 9.17) is 34.8 Å². The van der Waals surface area contributed by atoms with Crippen molar-refractivity contribution in [3.05, 3.63) is 67.1 Å². The topological polar surface area (TPSA) is 0 Å². The largest absolute Gasteiger partial charge is 0.0843 e. The molecule has 5 heteroatoms. The monoisotopic (exact) mass is 426 g/mol. The number of hydrogen-bond acceptors (Lipinski definition) is 0. The molecule has 0 aromatic heterocycles. The highest BCUT2D eigenvalue weighted by Crippen LogP contribution is 2.41. The Morgan fingerprint density at radius 2 is 1.67 bits per heavy atom. The van der Waals surface area contributed by atoms with E-state index in [1.165, 1.54) is 0 Å². The van der Waals surface area contributed by atoms with Gasteiger partial charge in [0.2, 0.25) is 0 Å². The van der Waals surface area contributed by atoms with Gasteiger partial charge in [0.15, 0.2) is 0 Å². The molecule has 94 valence electrons. The third-order valence-electron chi connectivity index (χ3n) is 2.49. The van der Waals surface area contributed by atoms with Gasteiger partial charge in [-0.25, -0.2) is 0 Å². The van der Waals surface area contributed by atoms with Gasteiger partial charge in [0.25, 0.3) is 0 Å². The molecule has 2 aromatic rings. The lowest BCUT2D eigenvalue weighted by Gasteiger charge is -2.15. The van der Waals surface area contributed by atoms with Crippen LogP contribution in [0.3, 0.4) is 0 Å². The minimum absolute atomic E-state index is 0.103. The van der Waals surface area contributed by atoms with Crippen LogP contribution in [0.5, 0.6) is 0 Å². The molecule has 0 spiro atoms. The summed E-state index contributed by atoms with van der Waals surface area (Å²) in [5.41, 5.74) is 1.83. The highest BCUT2D eigenvalue weighted by molar-refractivity contribution is 9.10.